The highest BCUT2D eigenvalue weighted by atomic mass is 35.5. The first-order chi connectivity index (χ1) is 19.3. The number of alkyl halides is 3. The summed E-state index contributed by atoms with van der Waals surface area (Å²) >= 11 is 7.08. The number of benzene rings is 1. The van der Waals surface area contributed by atoms with Crippen molar-refractivity contribution in [2.75, 3.05) is 29.5 Å². The number of aromatic nitrogens is 1. The van der Waals surface area contributed by atoms with Gasteiger partial charge in [-0.3, -0.25) is 4.90 Å². The maximum absolute atomic E-state index is 13.8. The summed E-state index contributed by atoms with van der Waals surface area (Å²) in [6.45, 7) is 2.52. The summed E-state index contributed by atoms with van der Waals surface area (Å²) in [5.74, 6) is -4.29. The number of piperidine rings is 1. The van der Waals surface area contributed by atoms with E-state index in [0.29, 0.717) is 28.9 Å². The second-order valence-corrected chi connectivity index (χ2v) is 13.7. The van der Waals surface area contributed by atoms with Crippen LogP contribution in [0.3, 0.4) is 0 Å². The molecule has 1 unspecified atom stereocenters. The number of hydrogen-bond donors (Lipinski definition) is 0. The SMILES string of the molecule is CN(c1cc(S(=O)(=O)N(OC(=O)C(F)(F)F)c2cccc(F)n2)sc1Cl)C1[C@@H]2CC[C@H]1CN(Cc1ccccc1)C2. The van der Waals surface area contributed by atoms with Gasteiger partial charge < -0.3 is 9.74 Å². The molecular formula is C26H25ClF4N4O4S2. The van der Waals surface area contributed by atoms with Gasteiger partial charge in [-0.2, -0.15) is 31.0 Å². The third kappa shape index (κ3) is 6.15. The molecule has 3 aromatic rings. The van der Waals surface area contributed by atoms with E-state index in [0.717, 1.165) is 50.7 Å². The van der Waals surface area contributed by atoms with Gasteiger partial charge in [0, 0.05) is 32.7 Å². The van der Waals surface area contributed by atoms with E-state index in [9.17, 15) is 30.8 Å². The molecule has 0 radical (unpaired) electrons. The van der Waals surface area contributed by atoms with Gasteiger partial charge in [0.05, 0.1) is 5.69 Å². The number of thiophene rings is 1. The first-order valence-electron chi connectivity index (χ1n) is 12.6. The average Bonchev–Trinajstić information content (AvgIpc) is 3.44. The zero-order valence-electron chi connectivity index (χ0n) is 21.6. The van der Waals surface area contributed by atoms with Crippen molar-refractivity contribution in [2.45, 2.75) is 35.8 Å². The molecular weight excluding hydrogens is 608 g/mol. The lowest BCUT2D eigenvalue weighted by atomic mass is 9.90. The lowest BCUT2D eigenvalue weighted by Crippen LogP contribution is -2.51. The fraction of sp³-hybridized carbons (Fsp3) is 0.385. The Morgan fingerprint density at radius 1 is 1.12 bits per heavy atom. The van der Waals surface area contributed by atoms with E-state index >= 15 is 0 Å². The van der Waals surface area contributed by atoms with E-state index in [1.165, 1.54) is 11.6 Å². The smallest absolute Gasteiger partial charge is 0.369 e. The van der Waals surface area contributed by atoms with E-state index in [1.807, 2.05) is 30.1 Å². The van der Waals surface area contributed by atoms with Crippen LogP contribution in [0.25, 0.3) is 0 Å². The number of halogens is 5. The molecule has 1 aromatic carbocycles. The van der Waals surface area contributed by atoms with Crippen LogP contribution in [0.2, 0.25) is 4.34 Å². The summed E-state index contributed by atoms with van der Waals surface area (Å²) in [6, 6.07) is 14.2. The van der Waals surface area contributed by atoms with Crippen LogP contribution >= 0.6 is 22.9 Å². The minimum Gasteiger partial charge on any atom is -0.369 e. The quantitative estimate of drug-likeness (QED) is 0.184. The summed E-state index contributed by atoms with van der Waals surface area (Å²) in [4.78, 5) is 23.4. The maximum Gasteiger partial charge on any atom is 0.493 e. The zero-order valence-corrected chi connectivity index (χ0v) is 24.0. The molecule has 8 nitrogen and oxygen atoms in total. The number of nitrogens with zero attached hydrogens (tertiary/aromatic N) is 4. The van der Waals surface area contributed by atoms with E-state index in [2.05, 4.69) is 26.9 Å². The van der Waals surface area contributed by atoms with E-state index in [-0.39, 0.29) is 14.8 Å². The Balaban J connectivity index is 1.39. The molecule has 2 aliphatic rings. The largest absolute Gasteiger partial charge is 0.493 e. The Kier molecular flexibility index (Phi) is 8.21. The highest BCUT2D eigenvalue weighted by Crippen LogP contribution is 2.46. The molecule has 0 spiro atoms. The summed E-state index contributed by atoms with van der Waals surface area (Å²) < 4.78 is 78.9. The van der Waals surface area contributed by atoms with Gasteiger partial charge in [-0.05, 0) is 48.4 Å². The molecule has 41 heavy (non-hydrogen) atoms. The molecule has 2 bridgehead atoms. The molecule has 0 amide bonds. The standard InChI is InChI=1S/C26H25ClF4N4O4S2/c1-33(23-17-10-11-18(23)15-34(14-17)13-16-6-3-2-4-7-16)19-12-22(40-24(19)27)41(37,38)35(39-25(36)26(29,30)31)21-9-5-8-20(28)32-21/h2-9,12,17-18,23H,10-11,13-15H2,1H3/t17-,18+,23?. The molecule has 3 heterocycles. The van der Waals surface area contributed by atoms with Gasteiger partial charge in [0.2, 0.25) is 5.95 Å². The normalized spacial score (nSPS) is 21.1. The molecule has 15 heteroatoms. The predicted octanol–water partition coefficient (Wildman–Crippen LogP) is 5.50. The Bertz CT molecular complexity index is 1510. The molecule has 1 aliphatic heterocycles. The fourth-order valence-corrected chi connectivity index (χ4v) is 8.73. The van der Waals surface area contributed by atoms with Gasteiger partial charge in [0.15, 0.2) is 5.82 Å². The Labute approximate surface area is 243 Å². The third-order valence-electron chi connectivity index (χ3n) is 7.34. The summed E-state index contributed by atoms with van der Waals surface area (Å²) in [5.41, 5.74) is 1.60. The van der Waals surface area contributed by atoms with Gasteiger partial charge in [-0.1, -0.05) is 52.5 Å². The maximum atomic E-state index is 13.8. The first kappa shape index (κ1) is 29.5. The second-order valence-electron chi connectivity index (χ2n) is 10.0. The average molecular weight is 633 g/mol. The second kappa shape index (κ2) is 11.4. The molecule has 2 fully saturated rings. The minimum atomic E-state index is -5.52. The van der Waals surface area contributed by atoms with Crippen molar-refractivity contribution in [1.29, 1.82) is 0 Å². The van der Waals surface area contributed by atoms with Crippen molar-refractivity contribution in [1.82, 2.24) is 9.88 Å². The van der Waals surface area contributed by atoms with Crippen molar-refractivity contribution in [3.05, 3.63) is 70.4 Å². The summed E-state index contributed by atoms with van der Waals surface area (Å²) in [5, 5.41) is 0. The van der Waals surface area contributed by atoms with Crippen molar-refractivity contribution in [3.8, 4) is 0 Å². The number of likely N-dealkylation sites (tertiary alicyclic amines) is 1. The van der Waals surface area contributed by atoms with Gasteiger partial charge in [0.25, 0.3) is 0 Å². The van der Waals surface area contributed by atoms with Crippen LogP contribution in [0.1, 0.15) is 18.4 Å². The predicted molar refractivity (Wildman–Crippen MR) is 145 cm³/mol. The van der Waals surface area contributed by atoms with Crippen molar-refractivity contribution < 1.29 is 35.6 Å². The third-order valence-corrected chi connectivity index (χ3v) is 10.7. The molecule has 220 valence electrons. The van der Waals surface area contributed by atoms with Gasteiger partial charge in [-0.25, -0.2) is 4.79 Å². The van der Waals surface area contributed by atoms with E-state index < -0.39 is 38.1 Å². The van der Waals surface area contributed by atoms with Crippen LogP contribution in [-0.2, 0) is 26.2 Å². The highest BCUT2D eigenvalue weighted by Gasteiger charge is 2.47. The van der Waals surface area contributed by atoms with Crippen molar-refractivity contribution in [3.63, 3.8) is 0 Å². The number of rotatable bonds is 8. The van der Waals surface area contributed by atoms with Crippen LogP contribution in [0, 0.1) is 17.8 Å². The van der Waals surface area contributed by atoms with Gasteiger partial charge >= 0.3 is 22.2 Å². The van der Waals surface area contributed by atoms with Crippen LogP contribution in [-0.4, -0.2) is 56.6 Å². The molecule has 1 saturated carbocycles. The Morgan fingerprint density at radius 3 is 2.39 bits per heavy atom. The zero-order chi connectivity index (χ0) is 29.5. The van der Waals surface area contributed by atoms with Crippen molar-refractivity contribution in [2.24, 2.45) is 11.8 Å². The van der Waals surface area contributed by atoms with E-state index in [4.69, 9.17) is 11.6 Å². The van der Waals surface area contributed by atoms with Gasteiger partial charge in [0.1, 0.15) is 8.55 Å². The number of pyridine rings is 1. The molecule has 1 aliphatic carbocycles. The minimum absolute atomic E-state index is 0.0636. The molecule has 2 aromatic heterocycles. The van der Waals surface area contributed by atoms with E-state index in [1.54, 1.807) is 0 Å². The van der Waals surface area contributed by atoms with Crippen LogP contribution in [0.15, 0.2) is 58.8 Å². The summed E-state index contributed by atoms with van der Waals surface area (Å²) in [6.07, 6.45) is -3.54. The van der Waals surface area contributed by atoms with Crippen LogP contribution in [0.4, 0.5) is 29.1 Å². The molecule has 3 atom stereocenters. The first-order valence-corrected chi connectivity index (χ1v) is 15.2. The Morgan fingerprint density at radius 2 is 1.78 bits per heavy atom. The fourth-order valence-electron chi connectivity index (χ4n) is 5.69. The number of hydrogen-bond acceptors (Lipinski definition) is 8. The summed E-state index contributed by atoms with van der Waals surface area (Å²) in [7, 11) is -3.18. The topological polar surface area (TPSA) is 83.1 Å². The number of fused-ring (bicyclic) bond motifs is 2. The molecule has 5 rings (SSSR count). The highest BCUT2D eigenvalue weighted by molar-refractivity contribution is 7.94. The van der Waals surface area contributed by atoms with Gasteiger partial charge in [-0.15, -0.1) is 11.3 Å². The number of carbonyl (C=O) groups excluding carboxylic acids is 1. The van der Waals surface area contributed by atoms with Crippen molar-refractivity contribution >= 4 is 50.4 Å². The van der Waals surface area contributed by atoms with Crippen LogP contribution in [0.5, 0.6) is 0 Å². The number of anilines is 2. The van der Waals surface area contributed by atoms with Crippen LogP contribution < -0.4 is 9.37 Å². The Hall–Kier alpha value is -2.94. The number of sulfonamides is 1. The molecule has 1 saturated heterocycles. The lowest BCUT2D eigenvalue weighted by molar-refractivity contribution is -0.199. The lowest BCUT2D eigenvalue weighted by Gasteiger charge is -2.43. The molecule has 0 N–H and O–H groups in total. The monoisotopic (exact) mass is 632 g/mol. The number of carbonyl (C=O) groups is 1.